The van der Waals surface area contributed by atoms with Crippen molar-refractivity contribution in [2.24, 2.45) is 5.92 Å². The van der Waals surface area contributed by atoms with E-state index in [1.165, 1.54) is 0 Å². The molecule has 0 aliphatic carbocycles. The number of hydrogen-bond donors (Lipinski definition) is 2. The van der Waals surface area contributed by atoms with Crippen LogP contribution in [0.5, 0.6) is 0 Å². The molecular formula is C14H18N4O2. The molecule has 0 atom stereocenters. The number of aryl methyl sites for hydroxylation is 1. The molecule has 6 heteroatoms. The van der Waals surface area contributed by atoms with Crippen molar-refractivity contribution in [2.45, 2.75) is 27.2 Å². The van der Waals surface area contributed by atoms with Crippen molar-refractivity contribution in [3.8, 4) is 11.3 Å². The number of hydrogen-bond acceptors (Lipinski definition) is 4. The molecule has 6 nitrogen and oxygen atoms in total. The molecular weight excluding hydrogens is 256 g/mol. The fourth-order valence-electron chi connectivity index (χ4n) is 2.19. The fourth-order valence-corrected chi connectivity index (χ4v) is 2.19. The first kappa shape index (κ1) is 14.0. The number of nitrogens with zero attached hydrogens (tertiary/aromatic N) is 2. The molecule has 0 spiro atoms. The average Bonchev–Trinajstić information content (AvgIpc) is 2.71. The summed E-state index contributed by atoms with van der Waals surface area (Å²) in [6, 6.07) is 5.15. The van der Waals surface area contributed by atoms with E-state index in [1.54, 1.807) is 19.1 Å². The van der Waals surface area contributed by atoms with Crippen LogP contribution in [0.4, 0.5) is 11.5 Å². The van der Waals surface area contributed by atoms with E-state index in [2.05, 4.69) is 24.0 Å². The van der Waals surface area contributed by atoms with Crippen LogP contribution in [0.25, 0.3) is 11.3 Å². The number of nitrogens with two attached hydrogens (primary N) is 1. The van der Waals surface area contributed by atoms with Crippen LogP contribution in [0.1, 0.15) is 25.0 Å². The molecule has 1 heterocycles. The van der Waals surface area contributed by atoms with Gasteiger partial charge in [-0.1, -0.05) is 26.0 Å². The molecule has 0 radical (unpaired) electrons. The Balaban J connectivity index is 2.52. The monoisotopic (exact) mass is 274 g/mol. The van der Waals surface area contributed by atoms with E-state index in [-0.39, 0.29) is 10.6 Å². The largest absolute Gasteiger partial charge is 0.382 e. The molecule has 0 saturated heterocycles. The second-order valence-corrected chi connectivity index (χ2v) is 5.32. The van der Waals surface area contributed by atoms with Crippen molar-refractivity contribution >= 4 is 11.5 Å². The zero-order valence-electron chi connectivity index (χ0n) is 11.8. The Hall–Kier alpha value is -2.37. The Morgan fingerprint density at radius 3 is 2.75 bits per heavy atom. The van der Waals surface area contributed by atoms with Crippen molar-refractivity contribution in [2.75, 3.05) is 5.73 Å². The van der Waals surface area contributed by atoms with E-state index in [0.717, 1.165) is 23.2 Å². The van der Waals surface area contributed by atoms with Gasteiger partial charge in [0.25, 0.3) is 5.69 Å². The van der Waals surface area contributed by atoms with Gasteiger partial charge in [-0.05, 0) is 19.3 Å². The molecule has 0 amide bonds. The van der Waals surface area contributed by atoms with Gasteiger partial charge in [-0.2, -0.15) is 5.10 Å². The minimum Gasteiger partial charge on any atom is -0.382 e. The molecule has 3 N–H and O–H groups in total. The molecule has 2 rings (SSSR count). The highest BCUT2D eigenvalue weighted by molar-refractivity contribution is 5.70. The number of nitrogen functional groups attached to an aromatic ring is 1. The highest BCUT2D eigenvalue weighted by Gasteiger charge is 2.17. The predicted molar refractivity (Wildman–Crippen MR) is 78.4 cm³/mol. The molecule has 0 fully saturated rings. The lowest BCUT2D eigenvalue weighted by Crippen LogP contribution is -1.99. The van der Waals surface area contributed by atoms with Crippen LogP contribution in [0, 0.1) is 23.0 Å². The second-order valence-electron chi connectivity index (χ2n) is 5.32. The van der Waals surface area contributed by atoms with Gasteiger partial charge in [0, 0.05) is 22.8 Å². The summed E-state index contributed by atoms with van der Waals surface area (Å²) >= 11 is 0. The molecule has 0 aliphatic heterocycles. The van der Waals surface area contributed by atoms with Crippen LogP contribution in [-0.2, 0) is 6.42 Å². The van der Waals surface area contributed by atoms with Crippen molar-refractivity contribution in [3.05, 3.63) is 39.4 Å². The summed E-state index contributed by atoms with van der Waals surface area (Å²) in [4.78, 5) is 10.7. The highest BCUT2D eigenvalue weighted by Crippen LogP contribution is 2.31. The number of nitrogens with one attached hydrogen (secondary N) is 1. The van der Waals surface area contributed by atoms with Gasteiger partial charge in [0.15, 0.2) is 0 Å². The van der Waals surface area contributed by atoms with Gasteiger partial charge in [0.05, 0.1) is 10.6 Å². The third kappa shape index (κ3) is 2.64. The van der Waals surface area contributed by atoms with Crippen LogP contribution in [-0.4, -0.2) is 15.1 Å². The Bertz CT molecular complexity index is 647. The minimum absolute atomic E-state index is 0.103. The summed E-state index contributed by atoms with van der Waals surface area (Å²) in [6.45, 7) is 5.90. The van der Waals surface area contributed by atoms with Crippen molar-refractivity contribution in [1.82, 2.24) is 10.2 Å². The van der Waals surface area contributed by atoms with Gasteiger partial charge in [-0.25, -0.2) is 0 Å². The van der Waals surface area contributed by atoms with E-state index < -0.39 is 0 Å². The van der Waals surface area contributed by atoms with E-state index in [0.29, 0.717) is 17.3 Å². The molecule has 106 valence electrons. The van der Waals surface area contributed by atoms with E-state index in [4.69, 9.17) is 5.73 Å². The molecule has 0 unspecified atom stereocenters. The first-order valence-electron chi connectivity index (χ1n) is 6.48. The number of aromatic amines is 1. The normalized spacial score (nSPS) is 11.0. The number of benzene rings is 1. The molecule has 0 bridgehead atoms. The molecule has 20 heavy (non-hydrogen) atoms. The Morgan fingerprint density at radius 2 is 2.15 bits per heavy atom. The van der Waals surface area contributed by atoms with E-state index in [9.17, 15) is 10.1 Å². The Morgan fingerprint density at radius 1 is 1.45 bits per heavy atom. The zero-order valence-corrected chi connectivity index (χ0v) is 11.8. The van der Waals surface area contributed by atoms with E-state index >= 15 is 0 Å². The van der Waals surface area contributed by atoms with Gasteiger partial charge in [0.1, 0.15) is 5.82 Å². The number of aromatic nitrogens is 2. The lowest BCUT2D eigenvalue weighted by molar-refractivity contribution is -0.385. The number of H-pyrrole nitrogens is 1. The zero-order chi connectivity index (χ0) is 14.9. The SMILES string of the molecule is Cc1ccc(-c2[nH]nc(N)c2CC(C)C)cc1[N+](=O)[O-]. The quantitative estimate of drug-likeness (QED) is 0.661. The van der Waals surface area contributed by atoms with Gasteiger partial charge in [-0.3, -0.25) is 15.2 Å². The fraction of sp³-hybridized carbons (Fsp3) is 0.357. The smallest absolute Gasteiger partial charge is 0.272 e. The number of rotatable bonds is 4. The van der Waals surface area contributed by atoms with Crippen LogP contribution in [0.15, 0.2) is 18.2 Å². The number of nitro groups is 1. The van der Waals surface area contributed by atoms with Crippen LogP contribution >= 0.6 is 0 Å². The average molecular weight is 274 g/mol. The predicted octanol–water partition coefficient (Wildman–Crippen LogP) is 3.07. The van der Waals surface area contributed by atoms with Gasteiger partial charge < -0.3 is 5.73 Å². The van der Waals surface area contributed by atoms with Crippen molar-refractivity contribution in [3.63, 3.8) is 0 Å². The second kappa shape index (κ2) is 5.32. The van der Waals surface area contributed by atoms with E-state index in [1.807, 2.05) is 6.07 Å². The van der Waals surface area contributed by atoms with Gasteiger partial charge >= 0.3 is 0 Å². The van der Waals surface area contributed by atoms with Gasteiger partial charge in [0.2, 0.25) is 0 Å². The first-order chi connectivity index (χ1) is 9.40. The Kier molecular flexibility index (Phi) is 3.74. The van der Waals surface area contributed by atoms with Crippen molar-refractivity contribution in [1.29, 1.82) is 0 Å². The summed E-state index contributed by atoms with van der Waals surface area (Å²) in [5.74, 6) is 0.881. The van der Waals surface area contributed by atoms with Crippen LogP contribution in [0.3, 0.4) is 0 Å². The molecule has 2 aromatic rings. The molecule has 1 aromatic carbocycles. The summed E-state index contributed by atoms with van der Waals surface area (Å²) in [7, 11) is 0. The first-order valence-corrected chi connectivity index (χ1v) is 6.48. The van der Waals surface area contributed by atoms with Crippen LogP contribution < -0.4 is 5.73 Å². The maximum absolute atomic E-state index is 11.0. The van der Waals surface area contributed by atoms with Crippen LogP contribution in [0.2, 0.25) is 0 Å². The van der Waals surface area contributed by atoms with Crippen molar-refractivity contribution < 1.29 is 4.92 Å². The lowest BCUT2D eigenvalue weighted by atomic mass is 9.98. The topological polar surface area (TPSA) is 97.8 Å². The standard InChI is InChI=1S/C14H18N4O2/c1-8(2)6-11-13(16-17-14(11)15)10-5-4-9(3)12(7-10)18(19)20/h4-5,7-8H,6H2,1-3H3,(H3,15,16,17). The number of anilines is 1. The molecule has 0 saturated carbocycles. The third-order valence-corrected chi connectivity index (χ3v) is 3.21. The summed E-state index contributed by atoms with van der Waals surface area (Å²) in [6.07, 6.45) is 0.777. The summed E-state index contributed by atoms with van der Waals surface area (Å²) < 4.78 is 0. The third-order valence-electron chi connectivity index (χ3n) is 3.21. The lowest BCUT2D eigenvalue weighted by Gasteiger charge is -2.07. The maximum Gasteiger partial charge on any atom is 0.272 e. The Labute approximate surface area is 117 Å². The molecule has 1 aromatic heterocycles. The summed E-state index contributed by atoms with van der Waals surface area (Å²) in [5.41, 5.74) is 9.03. The highest BCUT2D eigenvalue weighted by atomic mass is 16.6. The van der Waals surface area contributed by atoms with Gasteiger partial charge in [-0.15, -0.1) is 0 Å². The summed E-state index contributed by atoms with van der Waals surface area (Å²) in [5, 5.41) is 17.9. The molecule has 0 aliphatic rings. The minimum atomic E-state index is -0.374. The number of nitro benzene ring substituents is 1. The maximum atomic E-state index is 11.0.